The summed E-state index contributed by atoms with van der Waals surface area (Å²) in [4.78, 5) is 4.74. The molecule has 0 saturated heterocycles. The molecule has 0 atom stereocenters. The first kappa shape index (κ1) is 19.4. The lowest BCUT2D eigenvalue weighted by Gasteiger charge is -2.12. The maximum absolute atomic E-state index is 9.39. The van der Waals surface area contributed by atoms with Gasteiger partial charge in [-0.2, -0.15) is 0 Å². The standard InChI is InChI=1S/C23H30N2O2/c1-16-7-8-17(2)22(13-16)27-12-6-5-10-25-21-15-19(4)18(3)14-20(21)24-23(25)9-11-26/h7-8,13-15,26H,5-6,9-12H2,1-4H3. The number of aromatic nitrogens is 2. The molecule has 2 aromatic carbocycles. The lowest BCUT2D eigenvalue weighted by molar-refractivity contribution is 0.291. The van der Waals surface area contributed by atoms with Gasteiger partial charge < -0.3 is 14.4 Å². The largest absolute Gasteiger partial charge is 0.493 e. The molecule has 0 fully saturated rings. The zero-order chi connectivity index (χ0) is 19.4. The quantitative estimate of drug-likeness (QED) is 0.590. The van der Waals surface area contributed by atoms with Crippen LogP contribution in [0.15, 0.2) is 30.3 Å². The Morgan fingerprint density at radius 1 is 0.963 bits per heavy atom. The molecule has 0 aliphatic heterocycles. The van der Waals surface area contributed by atoms with E-state index in [9.17, 15) is 5.11 Å². The second-order valence-electron chi connectivity index (χ2n) is 7.40. The van der Waals surface area contributed by atoms with Gasteiger partial charge in [-0.05, 0) is 81.0 Å². The van der Waals surface area contributed by atoms with Crippen molar-refractivity contribution in [2.45, 2.75) is 53.5 Å². The molecule has 3 rings (SSSR count). The van der Waals surface area contributed by atoms with Crippen molar-refractivity contribution in [2.24, 2.45) is 0 Å². The minimum absolute atomic E-state index is 0.122. The van der Waals surface area contributed by atoms with Crippen LogP contribution < -0.4 is 4.74 Å². The summed E-state index contributed by atoms with van der Waals surface area (Å²) in [6.07, 6.45) is 2.59. The van der Waals surface area contributed by atoms with Gasteiger partial charge in [-0.1, -0.05) is 12.1 Å². The number of rotatable bonds is 8. The monoisotopic (exact) mass is 366 g/mol. The lowest BCUT2D eigenvalue weighted by Crippen LogP contribution is -2.08. The van der Waals surface area contributed by atoms with Crippen LogP contribution in [0, 0.1) is 27.7 Å². The van der Waals surface area contributed by atoms with Gasteiger partial charge in [-0.25, -0.2) is 4.98 Å². The molecular formula is C23H30N2O2. The van der Waals surface area contributed by atoms with Crippen LogP contribution in [0.25, 0.3) is 11.0 Å². The van der Waals surface area contributed by atoms with Crippen LogP contribution in [0.3, 0.4) is 0 Å². The molecule has 4 nitrogen and oxygen atoms in total. The molecule has 0 radical (unpaired) electrons. The Morgan fingerprint density at radius 2 is 1.74 bits per heavy atom. The molecule has 0 aliphatic rings. The molecule has 0 unspecified atom stereocenters. The SMILES string of the molecule is Cc1ccc(C)c(OCCCCn2c(CCO)nc3cc(C)c(C)cc32)c1. The number of fused-ring (bicyclic) bond motifs is 1. The van der Waals surface area contributed by atoms with E-state index in [-0.39, 0.29) is 6.61 Å². The smallest absolute Gasteiger partial charge is 0.122 e. The van der Waals surface area contributed by atoms with E-state index in [1.54, 1.807) is 0 Å². The van der Waals surface area contributed by atoms with Crippen molar-refractivity contribution in [1.29, 1.82) is 0 Å². The summed E-state index contributed by atoms with van der Waals surface area (Å²) in [5.74, 6) is 1.95. The highest BCUT2D eigenvalue weighted by Crippen LogP contribution is 2.22. The molecular weight excluding hydrogens is 336 g/mol. The van der Waals surface area contributed by atoms with Crippen molar-refractivity contribution in [3.63, 3.8) is 0 Å². The van der Waals surface area contributed by atoms with Crippen LogP contribution in [0.2, 0.25) is 0 Å². The summed E-state index contributed by atoms with van der Waals surface area (Å²) < 4.78 is 8.23. The summed E-state index contributed by atoms with van der Waals surface area (Å²) in [6.45, 7) is 10.1. The summed E-state index contributed by atoms with van der Waals surface area (Å²) in [6, 6.07) is 10.7. The average Bonchev–Trinajstić information content (AvgIpc) is 2.95. The minimum Gasteiger partial charge on any atom is -0.493 e. The van der Waals surface area contributed by atoms with E-state index in [2.05, 4.69) is 62.6 Å². The zero-order valence-corrected chi connectivity index (χ0v) is 16.9. The van der Waals surface area contributed by atoms with Crippen LogP contribution >= 0.6 is 0 Å². The van der Waals surface area contributed by atoms with Crippen LogP contribution in [-0.2, 0) is 13.0 Å². The predicted octanol–water partition coefficient (Wildman–Crippen LogP) is 4.66. The van der Waals surface area contributed by atoms with E-state index in [1.807, 2.05) is 0 Å². The number of nitrogens with zero attached hydrogens (tertiary/aromatic N) is 2. The summed E-state index contributed by atoms with van der Waals surface area (Å²) in [5, 5.41) is 9.39. The third-order valence-corrected chi connectivity index (χ3v) is 5.16. The normalized spacial score (nSPS) is 11.3. The molecule has 4 heteroatoms. The van der Waals surface area contributed by atoms with E-state index in [4.69, 9.17) is 9.72 Å². The lowest BCUT2D eigenvalue weighted by atomic mass is 10.1. The first-order chi connectivity index (χ1) is 13.0. The molecule has 0 saturated carbocycles. The number of aliphatic hydroxyl groups excluding tert-OH is 1. The van der Waals surface area contributed by atoms with Gasteiger partial charge in [-0.3, -0.25) is 0 Å². The van der Waals surface area contributed by atoms with E-state index in [0.717, 1.165) is 42.0 Å². The second kappa shape index (κ2) is 8.57. The molecule has 0 amide bonds. The van der Waals surface area contributed by atoms with Gasteiger partial charge in [0.1, 0.15) is 11.6 Å². The number of aryl methyl sites for hydroxylation is 5. The molecule has 27 heavy (non-hydrogen) atoms. The van der Waals surface area contributed by atoms with Crippen LogP contribution in [0.4, 0.5) is 0 Å². The predicted molar refractivity (Wildman–Crippen MR) is 111 cm³/mol. The Bertz CT molecular complexity index is 928. The van der Waals surface area contributed by atoms with Crippen LogP contribution in [-0.4, -0.2) is 27.9 Å². The van der Waals surface area contributed by atoms with Crippen molar-refractivity contribution in [2.75, 3.05) is 13.2 Å². The Morgan fingerprint density at radius 3 is 2.52 bits per heavy atom. The van der Waals surface area contributed by atoms with Crippen molar-refractivity contribution in [3.05, 3.63) is 58.4 Å². The molecule has 0 bridgehead atoms. The van der Waals surface area contributed by atoms with E-state index in [0.29, 0.717) is 13.0 Å². The fourth-order valence-electron chi connectivity index (χ4n) is 3.39. The van der Waals surface area contributed by atoms with Crippen molar-refractivity contribution in [1.82, 2.24) is 9.55 Å². The molecule has 144 valence electrons. The Kier molecular flexibility index (Phi) is 6.17. The first-order valence-corrected chi connectivity index (χ1v) is 9.77. The second-order valence-corrected chi connectivity index (χ2v) is 7.40. The Balaban J connectivity index is 1.65. The maximum atomic E-state index is 9.39. The molecule has 1 N–H and O–H groups in total. The van der Waals surface area contributed by atoms with E-state index in [1.165, 1.54) is 22.3 Å². The van der Waals surface area contributed by atoms with Gasteiger partial charge in [0, 0.05) is 13.0 Å². The molecule has 1 heterocycles. The summed E-state index contributed by atoms with van der Waals surface area (Å²) >= 11 is 0. The zero-order valence-electron chi connectivity index (χ0n) is 16.9. The third kappa shape index (κ3) is 4.51. The molecule has 3 aromatic rings. The number of benzene rings is 2. The molecule has 0 spiro atoms. The highest BCUT2D eigenvalue weighted by molar-refractivity contribution is 5.78. The average molecular weight is 367 g/mol. The van der Waals surface area contributed by atoms with Gasteiger partial charge >= 0.3 is 0 Å². The van der Waals surface area contributed by atoms with Gasteiger partial charge in [-0.15, -0.1) is 0 Å². The van der Waals surface area contributed by atoms with E-state index < -0.39 is 0 Å². The van der Waals surface area contributed by atoms with Crippen molar-refractivity contribution in [3.8, 4) is 5.75 Å². The number of imidazole rings is 1. The van der Waals surface area contributed by atoms with Crippen LogP contribution in [0.1, 0.15) is 40.9 Å². The number of hydrogen-bond acceptors (Lipinski definition) is 3. The summed E-state index contributed by atoms with van der Waals surface area (Å²) in [7, 11) is 0. The van der Waals surface area contributed by atoms with Gasteiger partial charge in [0.05, 0.1) is 24.2 Å². The van der Waals surface area contributed by atoms with Gasteiger partial charge in [0.2, 0.25) is 0 Å². The first-order valence-electron chi connectivity index (χ1n) is 9.77. The topological polar surface area (TPSA) is 47.3 Å². The van der Waals surface area contributed by atoms with Crippen LogP contribution in [0.5, 0.6) is 5.75 Å². The fourth-order valence-corrected chi connectivity index (χ4v) is 3.39. The minimum atomic E-state index is 0.122. The number of ether oxygens (including phenoxy) is 1. The number of unbranched alkanes of at least 4 members (excludes halogenated alkanes) is 1. The number of aliphatic hydroxyl groups is 1. The Labute approximate surface area is 161 Å². The highest BCUT2D eigenvalue weighted by atomic mass is 16.5. The Hall–Kier alpha value is -2.33. The van der Waals surface area contributed by atoms with Gasteiger partial charge in [0.25, 0.3) is 0 Å². The maximum Gasteiger partial charge on any atom is 0.122 e. The molecule has 1 aromatic heterocycles. The number of hydrogen-bond donors (Lipinski definition) is 1. The van der Waals surface area contributed by atoms with E-state index >= 15 is 0 Å². The molecule has 0 aliphatic carbocycles. The van der Waals surface area contributed by atoms with Crippen molar-refractivity contribution >= 4 is 11.0 Å². The third-order valence-electron chi connectivity index (χ3n) is 5.16. The van der Waals surface area contributed by atoms with Gasteiger partial charge in [0.15, 0.2) is 0 Å². The highest BCUT2D eigenvalue weighted by Gasteiger charge is 2.11. The fraction of sp³-hybridized carbons (Fsp3) is 0.435. The summed E-state index contributed by atoms with van der Waals surface area (Å²) in [5.41, 5.74) is 7.12. The van der Waals surface area contributed by atoms with Crippen molar-refractivity contribution < 1.29 is 9.84 Å².